The molecular weight excluding hydrogens is 526 g/mol. The van der Waals surface area contributed by atoms with E-state index in [-0.39, 0.29) is 53.6 Å². The van der Waals surface area contributed by atoms with Crippen molar-refractivity contribution >= 4 is 23.9 Å². The van der Waals surface area contributed by atoms with Crippen LogP contribution in [0.15, 0.2) is 18.2 Å². The van der Waals surface area contributed by atoms with Crippen LogP contribution in [0.1, 0.15) is 112 Å². The molecule has 1 aromatic carbocycles. The molecule has 1 aliphatic carbocycles. The summed E-state index contributed by atoms with van der Waals surface area (Å²) in [5.74, 6) is -3.16. The third-order valence-electron chi connectivity index (χ3n) is 6.91. The number of esters is 3. The average Bonchev–Trinajstić information content (AvgIpc) is 2.83. The third-order valence-corrected chi connectivity index (χ3v) is 6.91. The lowest BCUT2D eigenvalue weighted by atomic mass is 9.89. The summed E-state index contributed by atoms with van der Waals surface area (Å²) in [4.78, 5) is 51.3. The SMILES string of the molecule is CCC(C)N[C@@](Cc1ccc(OC(=O)CC(C)(C)C)c(OC(=O)CC(C)(C)C)c1)(OC(=O)C1CCCCC1)C(=O)O. The van der Waals surface area contributed by atoms with Crippen molar-refractivity contribution in [3.05, 3.63) is 23.8 Å². The molecule has 1 unspecified atom stereocenters. The number of carboxylic acid groups (broad SMARTS) is 1. The molecule has 0 spiro atoms. The van der Waals surface area contributed by atoms with E-state index < -0.39 is 29.6 Å². The van der Waals surface area contributed by atoms with Gasteiger partial charge in [-0.3, -0.25) is 19.7 Å². The molecule has 2 N–H and O–H groups in total. The number of ether oxygens (including phenoxy) is 3. The van der Waals surface area contributed by atoms with Crippen LogP contribution in [0.2, 0.25) is 0 Å². The van der Waals surface area contributed by atoms with Crippen LogP contribution < -0.4 is 14.8 Å². The highest BCUT2D eigenvalue weighted by molar-refractivity contribution is 5.83. The number of hydrogen-bond donors (Lipinski definition) is 2. The molecule has 0 saturated heterocycles. The van der Waals surface area contributed by atoms with E-state index in [0.29, 0.717) is 24.8 Å². The van der Waals surface area contributed by atoms with Gasteiger partial charge in [0.2, 0.25) is 0 Å². The molecule has 9 nitrogen and oxygen atoms in total. The van der Waals surface area contributed by atoms with Crippen LogP contribution in [0.4, 0.5) is 0 Å². The Morgan fingerprint density at radius 1 is 0.902 bits per heavy atom. The van der Waals surface area contributed by atoms with E-state index in [2.05, 4.69) is 5.32 Å². The number of hydrogen-bond acceptors (Lipinski definition) is 8. The summed E-state index contributed by atoms with van der Waals surface area (Å²) in [6, 6.07) is 4.27. The summed E-state index contributed by atoms with van der Waals surface area (Å²) in [5, 5.41) is 13.4. The number of aliphatic carboxylic acids is 1. The number of rotatable bonds is 12. The molecule has 9 heteroatoms. The molecule has 0 radical (unpaired) electrons. The van der Waals surface area contributed by atoms with Crippen LogP contribution in [0.5, 0.6) is 11.5 Å². The van der Waals surface area contributed by atoms with E-state index in [1.807, 2.05) is 55.4 Å². The Bertz CT molecular complexity index is 1080. The second kappa shape index (κ2) is 14.3. The molecule has 230 valence electrons. The zero-order valence-corrected chi connectivity index (χ0v) is 26.1. The zero-order valence-electron chi connectivity index (χ0n) is 26.1. The van der Waals surface area contributed by atoms with Crippen molar-refractivity contribution in [3.8, 4) is 11.5 Å². The van der Waals surface area contributed by atoms with Crippen molar-refractivity contribution < 1.29 is 38.5 Å². The highest BCUT2D eigenvalue weighted by atomic mass is 16.6. The minimum absolute atomic E-state index is 0.000412. The van der Waals surface area contributed by atoms with Gasteiger partial charge in [-0.05, 0) is 54.7 Å². The van der Waals surface area contributed by atoms with Gasteiger partial charge in [0, 0.05) is 12.5 Å². The lowest BCUT2D eigenvalue weighted by Crippen LogP contribution is -2.60. The molecule has 0 heterocycles. The summed E-state index contributed by atoms with van der Waals surface area (Å²) >= 11 is 0. The quantitative estimate of drug-likeness (QED) is 0.170. The number of carbonyl (C=O) groups is 4. The Morgan fingerprint density at radius 2 is 1.44 bits per heavy atom. The Hall–Kier alpha value is -2.94. The molecule has 0 aliphatic heterocycles. The third kappa shape index (κ3) is 11.5. The lowest BCUT2D eigenvalue weighted by Gasteiger charge is -2.35. The minimum Gasteiger partial charge on any atom is -0.477 e. The number of carboxylic acids is 1. The van der Waals surface area contributed by atoms with Gasteiger partial charge in [0.1, 0.15) is 0 Å². The van der Waals surface area contributed by atoms with Crippen LogP contribution >= 0.6 is 0 Å². The van der Waals surface area contributed by atoms with Crippen LogP contribution in [0, 0.1) is 16.7 Å². The van der Waals surface area contributed by atoms with Gasteiger partial charge in [-0.2, -0.15) is 0 Å². The molecule has 41 heavy (non-hydrogen) atoms. The average molecular weight is 576 g/mol. The predicted molar refractivity (Wildman–Crippen MR) is 155 cm³/mol. The number of benzene rings is 1. The normalized spacial score (nSPS) is 16.8. The second-order valence-corrected chi connectivity index (χ2v) is 13.7. The maximum atomic E-state index is 13.2. The van der Waals surface area contributed by atoms with Crippen molar-refractivity contribution in [1.29, 1.82) is 0 Å². The Balaban J connectivity index is 2.47. The predicted octanol–water partition coefficient (Wildman–Crippen LogP) is 6.20. The van der Waals surface area contributed by atoms with E-state index in [9.17, 15) is 24.3 Å². The van der Waals surface area contributed by atoms with Gasteiger partial charge in [-0.1, -0.05) is 73.8 Å². The fraction of sp³-hybridized carbons (Fsp3) is 0.688. The molecule has 0 amide bonds. The first-order valence-electron chi connectivity index (χ1n) is 14.7. The summed E-state index contributed by atoms with van der Waals surface area (Å²) in [6.45, 7) is 15.2. The summed E-state index contributed by atoms with van der Waals surface area (Å²) < 4.78 is 17.0. The van der Waals surface area contributed by atoms with Gasteiger partial charge in [0.25, 0.3) is 5.72 Å². The molecule has 1 aliphatic rings. The fourth-order valence-corrected chi connectivity index (χ4v) is 4.69. The largest absolute Gasteiger partial charge is 0.477 e. The standard InChI is InChI=1S/C32H49NO8/c1-9-21(2)33-32(29(37)38,41-28(36)23-13-11-10-12-14-23)18-22-15-16-24(39-26(34)19-30(3,4)5)25(17-22)40-27(35)20-31(6,7)8/h15-17,21,23,33H,9-14,18-20H2,1-8H3,(H,37,38)/t21?,32-/m0/s1. The van der Waals surface area contributed by atoms with E-state index in [0.717, 1.165) is 19.3 Å². The van der Waals surface area contributed by atoms with Gasteiger partial charge in [-0.15, -0.1) is 0 Å². The lowest BCUT2D eigenvalue weighted by molar-refractivity contribution is -0.188. The van der Waals surface area contributed by atoms with Gasteiger partial charge >= 0.3 is 23.9 Å². The Morgan fingerprint density at radius 3 is 1.93 bits per heavy atom. The summed E-state index contributed by atoms with van der Waals surface area (Å²) in [5.41, 5.74) is -2.27. The highest BCUT2D eigenvalue weighted by Gasteiger charge is 2.45. The maximum Gasteiger partial charge on any atom is 0.364 e. The first-order valence-corrected chi connectivity index (χ1v) is 14.7. The molecule has 0 bridgehead atoms. The molecule has 2 atom stereocenters. The number of carbonyl (C=O) groups excluding carboxylic acids is 3. The van der Waals surface area contributed by atoms with Gasteiger partial charge in [0.05, 0.1) is 18.8 Å². The Kier molecular flexibility index (Phi) is 11.9. The highest BCUT2D eigenvalue weighted by Crippen LogP contribution is 2.34. The van der Waals surface area contributed by atoms with E-state index in [4.69, 9.17) is 14.2 Å². The second-order valence-electron chi connectivity index (χ2n) is 13.7. The molecule has 1 saturated carbocycles. The van der Waals surface area contributed by atoms with E-state index in [1.54, 1.807) is 6.07 Å². The smallest absolute Gasteiger partial charge is 0.364 e. The topological polar surface area (TPSA) is 128 Å². The number of nitrogens with one attached hydrogen (secondary N) is 1. The molecule has 0 aromatic heterocycles. The zero-order chi connectivity index (χ0) is 31.0. The van der Waals surface area contributed by atoms with Crippen molar-refractivity contribution in [2.75, 3.05) is 0 Å². The van der Waals surface area contributed by atoms with E-state index >= 15 is 0 Å². The van der Waals surface area contributed by atoms with Crippen molar-refractivity contribution in [2.45, 2.75) is 125 Å². The van der Waals surface area contributed by atoms with Crippen LogP contribution in [-0.2, 0) is 30.3 Å². The first kappa shape index (κ1) is 34.3. The van der Waals surface area contributed by atoms with Gasteiger partial charge < -0.3 is 19.3 Å². The molecule has 1 fully saturated rings. The van der Waals surface area contributed by atoms with Crippen LogP contribution in [0.25, 0.3) is 0 Å². The Labute approximate surface area is 244 Å². The maximum absolute atomic E-state index is 13.2. The fourth-order valence-electron chi connectivity index (χ4n) is 4.69. The first-order chi connectivity index (χ1) is 18.9. The molecule has 2 rings (SSSR count). The van der Waals surface area contributed by atoms with Crippen molar-refractivity contribution in [3.63, 3.8) is 0 Å². The molecule has 1 aromatic rings. The molecular formula is C32H49NO8. The van der Waals surface area contributed by atoms with Crippen LogP contribution in [-0.4, -0.2) is 40.8 Å². The van der Waals surface area contributed by atoms with Crippen molar-refractivity contribution in [1.82, 2.24) is 5.32 Å². The van der Waals surface area contributed by atoms with Gasteiger partial charge in [0.15, 0.2) is 11.5 Å². The van der Waals surface area contributed by atoms with E-state index in [1.165, 1.54) is 12.1 Å². The van der Waals surface area contributed by atoms with Crippen LogP contribution in [0.3, 0.4) is 0 Å². The monoisotopic (exact) mass is 575 g/mol. The van der Waals surface area contributed by atoms with Crippen molar-refractivity contribution in [2.24, 2.45) is 16.7 Å². The summed E-state index contributed by atoms with van der Waals surface area (Å²) in [6.07, 6.45) is 4.81. The summed E-state index contributed by atoms with van der Waals surface area (Å²) in [7, 11) is 0. The van der Waals surface area contributed by atoms with Gasteiger partial charge in [-0.25, -0.2) is 4.79 Å². The minimum atomic E-state index is -2.04.